The first kappa shape index (κ1) is 27.8. The number of fused-ring (bicyclic) bond motifs is 1. The van der Waals surface area contributed by atoms with E-state index in [4.69, 9.17) is 23.2 Å². The predicted molar refractivity (Wildman–Crippen MR) is 140 cm³/mol. The number of likely N-dealkylation sites (N-methyl/N-ethyl adjacent to an activating group) is 1. The predicted octanol–water partition coefficient (Wildman–Crippen LogP) is 5.56. The van der Waals surface area contributed by atoms with Gasteiger partial charge in [0.1, 0.15) is 0 Å². The lowest BCUT2D eigenvalue weighted by molar-refractivity contribution is -0.118. The molecule has 2 aromatic carbocycles. The van der Waals surface area contributed by atoms with Crippen molar-refractivity contribution in [1.29, 1.82) is 0 Å². The number of amides is 1. The molecule has 0 saturated carbocycles. The van der Waals surface area contributed by atoms with Crippen LogP contribution in [0.1, 0.15) is 20.3 Å². The fourth-order valence-electron chi connectivity index (χ4n) is 3.23. The Bertz CT molecular complexity index is 1180. The van der Waals surface area contributed by atoms with Crippen LogP contribution in [0.3, 0.4) is 0 Å². The fourth-order valence-corrected chi connectivity index (χ4v) is 5.87. The summed E-state index contributed by atoms with van der Waals surface area (Å²) in [7, 11) is -3.61. The summed E-state index contributed by atoms with van der Waals surface area (Å²) in [5.74, 6) is -0.564. The van der Waals surface area contributed by atoms with Gasteiger partial charge in [0.2, 0.25) is 5.91 Å². The summed E-state index contributed by atoms with van der Waals surface area (Å²) in [5, 5.41) is 1.60. The lowest BCUT2D eigenvalue weighted by atomic mass is 10.3. The van der Waals surface area contributed by atoms with Crippen LogP contribution in [0.15, 0.2) is 47.4 Å². The molecule has 0 radical (unpaired) electrons. The van der Waals surface area contributed by atoms with Crippen LogP contribution in [0, 0.1) is 0 Å². The summed E-state index contributed by atoms with van der Waals surface area (Å²) in [5.41, 5.74) is 0.754. The van der Waals surface area contributed by atoms with Gasteiger partial charge in [-0.2, -0.15) is 0 Å². The number of benzene rings is 2. The first-order chi connectivity index (χ1) is 15.2. The SMILES string of the molecule is CCN(CC)CCN(C(=O)CCS(=O)(=O)c1ccc(Cl)cc1)c1nc2ccc(Cl)cc2s1.Cl. The van der Waals surface area contributed by atoms with Crippen LogP contribution >= 0.6 is 46.9 Å². The maximum atomic E-state index is 13.2. The van der Waals surface area contributed by atoms with Crippen LogP contribution < -0.4 is 4.90 Å². The molecule has 0 aliphatic rings. The van der Waals surface area contributed by atoms with E-state index in [1.807, 2.05) is 12.1 Å². The third-order valence-electron chi connectivity index (χ3n) is 5.16. The molecule has 0 N–H and O–H groups in total. The van der Waals surface area contributed by atoms with Gasteiger partial charge in [-0.05, 0) is 55.6 Å². The molecule has 0 aliphatic carbocycles. The Kier molecular flexibility index (Phi) is 10.4. The van der Waals surface area contributed by atoms with E-state index in [9.17, 15) is 13.2 Å². The van der Waals surface area contributed by atoms with Crippen molar-refractivity contribution < 1.29 is 13.2 Å². The highest BCUT2D eigenvalue weighted by Crippen LogP contribution is 2.31. The van der Waals surface area contributed by atoms with Gasteiger partial charge in [0.15, 0.2) is 15.0 Å². The summed E-state index contributed by atoms with van der Waals surface area (Å²) in [6.45, 7) is 6.94. The lowest BCUT2D eigenvalue weighted by Gasteiger charge is -2.24. The number of carbonyl (C=O) groups excluding carboxylic acids is 1. The monoisotopic (exact) mass is 549 g/mol. The Morgan fingerprint density at radius 1 is 1.00 bits per heavy atom. The summed E-state index contributed by atoms with van der Waals surface area (Å²) >= 11 is 13.3. The first-order valence-electron chi connectivity index (χ1n) is 10.3. The number of thiazole rings is 1. The van der Waals surface area contributed by atoms with Crippen molar-refractivity contribution in [3.63, 3.8) is 0 Å². The number of nitrogens with zero attached hydrogens (tertiary/aromatic N) is 3. The minimum atomic E-state index is -3.61. The molecule has 33 heavy (non-hydrogen) atoms. The third-order valence-corrected chi connectivity index (χ3v) is 8.42. The van der Waals surface area contributed by atoms with E-state index in [0.29, 0.717) is 28.3 Å². The van der Waals surface area contributed by atoms with Gasteiger partial charge in [0.25, 0.3) is 0 Å². The molecule has 1 heterocycles. The van der Waals surface area contributed by atoms with Crippen molar-refractivity contribution in [2.75, 3.05) is 36.8 Å². The van der Waals surface area contributed by atoms with E-state index in [0.717, 1.165) is 23.3 Å². The molecular formula is C22H26Cl3N3O3S2. The lowest BCUT2D eigenvalue weighted by Crippen LogP contribution is -2.39. The number of hydrogen-bond donors (Lipinski definition) is 0. The second kappa shape index (κ2) is 12.3. The molecule has 0 aliphatic heterocycles. The summed E-state index contributed by atoms with van der Waals surface area (Å²) < 4.78 is 26.3. The second-order valence-corrected chi connectivity index (χ2v) is 11.2. The van der Waals surface area contributed by atoms with Crippen LogP contribution in [-0.4, -0.2) is 56.1 Å². The van der Waals surface area contributed by atoms with Crippen molar-refractivity contribution >= 4 is 78.0 Å². The highest BCUT2D eigenvalue weighted by Gasteiger charge is 2.23. The molecule has 0 unspecified atom stereocenters. The van der Waals surface area contributed by atoms with Crippen molar-refractivity contribution in [2.24, 2.45) is 0 Å². The number of sulfone groups is 1. The molecule has 1 amide bonds. The zero-order valence-corrected chi connectivity index (χ0v) is 22.3. The van der Waals surface area contributed by atoms with E-state index < -0.39 is 9.84 Å². The van der Waals surface area contributed by atoms with Gasteiger partial charge in [-0.15, -0.1) is 12.4 Å². The molecule has 0 atom stereocenters. The maximum Gasteiger partial charge on any atom is 0.229 e. The number of hydrogen-bond acceptors (Lipinski definition) is 6. The van der Waals surface area contributed by atoms with Gasteiger partial charge in [0.05, 0.1) is 20.9 Å². The van der Waals surface area contributed by atoms with Crippen molar-refractivity contribution in [3.05, 3.63) is 52.5 Å². The molecular weight excluding hydrogens is 525 g/mol. The largest absolute Gasteiger partial charge is 0.302 e. The van der Waals surface area contributed by atoms with Gasteiger partial charge >= 0.3 is 0 Å². The average Bonchev–Trinajstić information content (AvgIpc) is 3.18. The van der Waals surface area contributed by atoms with Crippen molar-refractivity contribution in [2.45, 2.75) is 25.2 Å². The molecule has 0 bridgehead atoms. The highest BCUT2D eigenvalue weighted by molar-refractivity contribution is 7.91. The van der Waals surface area contributed by atoms with Crippen molar-refractivity contribution in [1.82, 2.24) is 9.88 Å². The van der Waals surface area contributed by atoms with Crippen LogP contribution in [-0.2, 0) is 14.6 Å². The zero-order chi connectivity index (χ0) is 23.3. The summed E-state index contributed by atoms with van der Waals surface area (Å²) in [6, 6.07) is 11.4. The van der Waals surface area contributed by atoms with Gasteiger partial charge in [-0.1, -0.05) is 48.4 Å². The number of rotatable bonds is 10. The van der Waals surface area contributed by atoms with Gasteiger partial charge < -0.3 is 4.90 Å². The smallest absolute Gasteiger partial charge is 0.229 e. The Morgan fingerprint density at radius 2 is 1.64 bits per heavy atom. The normalized spacial score (nSPS) is 11.5. The molecule has 3 aromatic rings. The zero-order valence-electron chi connectivity index (χ0n) is 18.3. The van der Waals surface area contributed by atoms with Crippen LogP contribution in [0.5, 0.6) is 0 Å². The minimum Gasteiger partial charge on any atom is -0.302 e. The minimum absolute atomic E-state index is 0. The number of halogens is 3. The Balaban J connectivity index is 0.00000385. The topological polar surface area (TPSA) is 70.6 Å². The number of anilines is 1. The fraction of sp³-hybridized carbons (Fsp3) is 0.364. The summed E-state index contributed by atoms with van der Waals surface area (Å²) in [6.07, 6.45) is -0.139. The van der Waals surface area contributed by atoms with E-state index in [-0.39, 0.29) is 35.4 Å². The van der Waals surface area contributed by atoms with Gasteiger partial charge in [0, 0.05) is 29.6 Å². The standard InChI is InChI=1S/C22H25Cl2N3O3S2.ClH/c1-3-26(4-2)12-13-27(22-25-19-10-7-17(24)15-20(19)31-22)21(28)11-14-32(29,30)18-8-5-16(23)6-9-18;/h5-10,15H,3-4,11-14H2,1-2H3;1H. The quantitative estimate of drug-likeness (QED) is 0.330. The summed E-state index contributed by atoms with van der Waals surface area (Å²) in [4.78, 5) is 21.7. The maximum absolute atomic E-state index is 13.2. The molecule has 0 spiro atoms. The highest BCUT2D eigenvalue weighted by atomic mass is 35.5. The Labute approximate surface area is 214 Å². The Morgan fingerprint density at radius 3 is 2.27 bits per heavy atom. The molecule has 180 valence electrons. The molecule has 0 saturated heterocycles. The van der Waals surface area contributed by atoms with Crippen LogP contribution in [0.25, 0.3) is 10.2 Å². The molecule has 0 fully saturated rings. The van der Waals surface area contributed by atoms with Gasteiger partial charge in [-0.25, -0.2) is 13.4 Å². The van der Waals surface area contributed by atoms with Crippen LogP contribution in [0.4, 0.5) is 5.13 Å². The van der Waals surface area contributed by atoms with E-state index in [2.05, 4.69) is 23.7 Å². The van der Waals surface area contributed by atoms with E-state index in [1.54, 1.807) is 11.0 Å². The number of aromatic nitrogens is 1. The first-order valence-corrected chi connectivity index (χ1v) is 13.5. The van der Waals surface area contributed by atoms with E-state index >= 15 is 0 Å². The molecule has 1 aromatic heterocycles. The van der Waals surface area contributed by atoms with Gasteiger partial charge in [-0.3, -0.25) is 9.69 Å². The molecule has 3 rings (SSSR count). The molecule has 11 heteroatoms. The third kappa shape index (κ3) is 7.28. The molecule has 6 nitrogen and oxygen atoms in total. The second-order valence-electron chi connectivity index (χ2n) is 7.20. The van der Waals surface area contributed by atoms with E-state index in [1.165, 1.54) is 35.6 Å². The Hall–Kier alpha value is -1.42. The van der Waals surface area contributed by atoms with Crippen molar-refractivity contribution in [3.8, 4) is 0 Å². The van der Waals surface area contributed by atoms with Crippen LogP contribution in [0.2, 0.25) is 10.0 Å². The number of carbonyl (C=O) groups is 1. The average molecular weight is 551 g/mol.